The molecule has 3 aromatic carbocycles. The largest absolute Gasteiger partial charge is 0.483 e. The number of halogens is 2. The SMILES string of the molecule is C[C@H](C(=O)NC1CCCCC1)N(Cc1ccc(Cl)c(Cl)c1)C(=O)COc1cccc2ccccc12. The smallest absolute Gasteiger partial charge is 0.261 e. The minimum absolute atomic E-state index is 0.157. The molecule has 1 N–H and O–H groups in total. The summed E-state index contributed by atoms with van der Waals surface area (Å²) in [6.07, 6.45) is 5.39. The van der Waals surface area contributed by atoms with Gasteiger partial charge in [0, 0.05) is 18.0 Å². The fourth-order valence-corrected chi connectivity index (χ4v) is 4.85. The van der Waals surface area contributed by atoms with Gasteiger partial charge < -0.3 is 15.0 Å². The quantitative estimate of drug-likeness (QED) is 0.380. The van der Waals surface area contributed by atoms with E-state index in [2.05, 4.69) is 5.32 Å². The number of amides is 2. The van der Waals surface area contributed by atoms with Gasteiger partial charge in [-0.3, -0.25) is 9.59 Å². The number of rotatable bonds is 8. The molecule has 0 bridgehead atoms. The molecule has 1 aliphatic carbocycles. The standard InChI is InChI=1S/C28H30Cl2N2O3/c1-19(28(34)31-22-10-3-2-4-11-22)32(17-20-14-15-24(29)25(30)16-20)27(33)18-35-26-13-7-9-21-8-5-6-12-23(21)26/h5-9,12-16,19,22H,2-4,10-11,17-18H2,1H3,(H,31,34)/t19-/m1/s1. The highest BCUT2D eigenvalue weighted by Crippen LogP contribution is 2.26. The van der Waals surface area contributed by atoms with Gasteiger partial charge in [0.2, 0.25) is 5.91 Å². The molecule has 0 aromatic heterocycles. The molecule has 2 amide bonds. The highest BCUT2D eigenvalue weighted by molar-refractivity contribution is 6.42. The molecule has 0 aliphatic heterocycles. The Morgan fingerprint density at radius 1 is 1.00 bits per heavy atom. The van der Waals surface area contributed by atoms with Crippen molar-refractivity contribution in [3.05, 3.63) is 76.3 Å². The monoisotopic (exact) mass is 512 g/mol. The summed E-state index contributed by atoms with van der Waals surface area (Å²) in [6.45, 7) is 1.79. The lowest BCUT2D eigenvalue weighted by atomic mass is 9.95. The Balaban J connectivity index is 1.51. The lowest BCUT2D eigenvalue weighted by molar-refractivity contribution is -0.142. The molecule has 35 heavy (non-hydrogen) atoms. The van der Waals surface area contributed by atoms with Crippen LogP contribution < -0.4 is 10.1 Å². The molecule has 0 unspecified atom stereocenters. The van der Waals surface area contributed by atoms with Crippen molar-refractivity contribution in [2.45, 2.75) is 57.7 Å². The number of hydrogen-bond acceptors (Lipinski definition) is 3. The van der Waals surface area contributed by atoms with E-state index in [9.17, 15) is 9.59 Å². The van der Waals surface area contributed by atoms with Gasteiger partial charge in [-0.05, 0) is 48.9 Å². The number of carbonyl (C=O) groups is 2. The van der Waals surface area contributed by atoms with Crippen molar-refractivity contribution in [1.29, 1.82) is 0 Å². The van der Waals surface area contributed by atoms with Crippen LogP contribution in [0.4, 0.5) is 0 Å². The van der Waals surface area contributed by atoms with E-state index >= 15 is 0 Å². The van der Waals surface area contributed by atoms with Crippen molar-refractivity contribution >= 4 is 45.8 Å². The maximum absolute atomic E-state index is 13.4. The number of fused-ring (bicyclic) bond motifs is 1. The van der Waals surface area contributed by atoms with Crippen LogP contribution in [0.15, 0.2) is 60.7 Å². The van der Waals surface area contributed by atoms with Crippen molar-refractivity contribution in [3.8, 4) is 5.75 Å². The fourth-order valence-electron chi connectivity index (χ4n) is 4.53. The first-order valence-corrected chi connectivity index (χ1v) is 12.8. The van der Waals surface area contributed by atoms with Crippen LogP contribution in [0.2, 0.25) is 10.0 Å². The summed E-state index contributed by atoms with van der Waals surface area (Å²) < 4.78 is 5.95. The van der Waals surface area contributed by atoms with Gasteiger partial charge in [0.25, 0.3) is 5.91 Å². The Labute approximate surface area is 216 Å². The molecule has 5 nitrogen and oxygen atoms in total. The van der Waals surface area contributed by atoms with E-state index in [-0.39, 0.29) is 31.0 Å². The zero-order valence-electron chi connectivity index (χ0n) is 19.8. The number of nitrogens with one attached hydrogen (secondary N) is 1. The lowest BCUT2D eigenvalue weighted by Gasteiger charge is -2.31. The molecule has 1 saturated carbocycles. The first-order chi connectivity index (χ1) is 16.9. The van der Waals surface area contributed by atoms with Crippen LogP contribution in [0, 0.1) is 0 Å². The predicted molar refractivity (Wildman–Crippen MR) is 141 cm³/mol. The van der Waals surface area contributed by atoms with E-state index in [4.69, 9.17) is 27.9 Å². The van der Waals surface area contributed by atoms with Gasteiger partial charge >= 0.3 is 0 Å². The molecule has 7 heteroatoms. The van der Waals surface area contributed by atoms with Crippen molar-refractivity contribution < 1.29 is 14.3 Å². The lowest BCUT2D eigenvalue weighted by Crippen LogP contribution is -2.51. The Hall–Kier alpha value is -2.76. The normalized spacial score (nSPS) is 14.9. The zero-order valence-corrected chi connectivity index (χ0v) is 21.3. The molecule has 0 saturated heterocycles. The molecule has 184 valence electrons. The van der Waals surface area contributed by atoms with Crippen LogP contribution in [0.5, 0.6) is 5.75 Å². The minimum Gasteiger partial charge on any atom is -0.483 e. The number of ether oxygens (including phenoxy) is 1. The van der Waals surface area contributed by atoms with E-state index in [0.29, 0.717) is 15.8 Å². The minimum atomic E-state index is -0.671. The average Bonchev–Trinajstić information content (AvgIpc) is 2.88. The molecular formula is C28H30Cl2N2O3. The van der Waals surface area contributed by atoms with Gasteiger partial charge in [-0.1, -0.05) is 84.9 Å². The van der Waals surface area contributed by atoms with Crippen molar-refractivity contribution in [2.24, 2.45) is 0 Å². The van der Waals surface area contributed by atoms with Crippen LogP contribution in [-0.4, -0.2) is 35.4 Å². The molecule has 0 spiro atoms. The predicted octanol–water partition coefficient (Wildman–Crippen LogP) is 6.39. The van der Waals surface area contributed by atoms with E-state index in [1.54, 1.807) is 24.0 Å². The topological polar surface area (TPSA) is 58.6 Å². The second-order valence-electron chi connectivity index (χ2n) is 9.06. The van der Waals surface area contributed by atoms with Gasteiger partial charge in [-0.2, -0.15) is 0 Å². The number of carbonyl (C=O) groups excluding carboxylic acids is 2. The van der Waals surface area contributed by atoms with Crippen LogP contribution in [-0.2, 0) is 16.1 Å². The van der Waals surface area contributed by atoms with E-state index in [0.717, 1.165) is 42.0 Å². The first-order valence-electron chi connectivity index (χ1n) is 12.1. The van der Waals surface area contributed by atoms with Crippen LogP contribution in [0.25, 0.3) is 10.8 Å². The number of hydrogen-bond donors (Lipinski definition) is 1. The number of nitrogens with zero attached hydrogens (tertiary/aromatic N) is 1. The second-order valence-corrected chi connectivity index (χ2v) is 9.87. The summed E-state index contributed by atoms with van der Waals surface area (Å²) in [5.74, 6) is 0.191. The third-order valence-electron chi connectivity index (χ3n) is 6.56. The first kappa shape index (κ1) is 25.3. The Morgan fingerprint density at radius 2 is 1.74 bits per heavy atom. The highest BCUT2D eigenvalue weighted by atomic mass is 35.5. The third kappa shape index (κ3) is 6.47. The van der Waals surface area contributed by atoms with E-state index in [1.807, 2.05) is 48.5 Å². The maximum atomic E-state index is 13.4. The van der Waals surface area contributed by atoms with Crippen LogP contribution >= 0.6 is 23.2 Å². The number of benzene rings is 3. The average molecular weight is 513 g/mol. The van der Waals surface area contributed by atoms with Crippen molar-refractivity contribution in [2.75, 3.05) is 6.61 Å². The molecule has 0 radical (unpaired) electrons. The summed E-state index contributed by atoms with van der Waals surface area (Å²) >= 11 is 12.3. The Bertz CT molecular complexity index is 1190. The highest BCUT2D eigenvalue weighted by Gasteiger charge is 2.28. The Morgan fingerprint density at radius 3 is 2.51 bits per heavy atom. The zero-order chi connectivity index (χ0) is 24.8. The summed E-state index contributed by atoms with van der Waals surface area (Å²) in [7, 11) is 0. The van der Waals surface area contributed by atoms with Gasteiger partial charge in [0.1, 0.15) is 11.8 Å². The van der Waals surface area contributed by atoms with Crippen molar-refractivity contribution in [3.63, 3.8) is 0 Å². The summed E-state index contributed by atoms with van der Waals surface area (Å²) in [5.41, 5.74) is 0.787. The molecule has 4 rings (SSSR count). The summed E-state index contributed by atoms with van der Waals surface area (Å²) in [6, 6.07) is 18.3. The summed E-state index contributed by atoms with van der Waals surface area (Å²) in [4.78, 5) is 28.1. The van der Waals surface area contributed by atoms with E-state index < -0.39 is 6.04 Å². The second kappa shape index (κ2) is 11.8. The van der Waals surface area contributed by atoms with Crippen molar-refractivity contribution in [1.82, 2.24) is 10.2 Å². The van der Waals surface area contributed by atoms with Gasteiger partial charge in [-0.25, -0.2) is 0 Å². The third-order valence-corrected chi connectivity index (χ3v) is 7.30. The fraction of sp³-hybridized carbons (Fsp3) is 0.357. The van der Waals surface area contributed by atoms with Gasteiger partial charge in [0.05, 0.1) is 10.0 Å². The molecule has 1 atom stereocenters. The Kier molecular flexibility index (Phi) is 8.53. The van der Waals surface area contributed by atoms with E-state index in [1.165, 1.54) is 6.42 Å². The molecule has 0 heterocycles. The van der Waals surface area contributed by atoms with Crippen LogP contribution in [0.1, 0.15) is 44.6 Å². The molecule has 1 aliphatic rings. The molecule has 1 fully saturated rings. The van der Waals surface area contributed by atoms with Crippen LogP contribution in [0.3, 0.4) is 0 Å². The molecular weight excluding hydrogens is 483 g/mol. The molecule has 3 aromatic rings. The maximum Gasteiger partial charge on any atom is 0.261 e. The van der Waals surface area contributed by atoms with Gasteiger partial charge in [-0.15, -0.1) is 0 Å². The van der Waals surface area contributed by atoms with Gasteiger partial charge in [0.15, 0.2) is 6.61 Å². The summed E-state index contributed by atoms with van der Waals surface area (Å²) in [5, 5.41) is 5.95.